The number of likely N-dealkylation sites (tertiary alicyclic amines) is 1. The fourth-order valence-electron chi connectivity index (χ4n) is 2.65. The van der Waals surface area contributed by atoms with Gasteiger partial charge in [-0.1, -0.05) is 19.1 Å². The molecule has 3 N–H and O–H groups in total. The normalized spacial score (nSPS) is 23.7. The van der Waals surface area contributed by atoms with Crippen molar-refractivity contribution in [2.45, 2.75) is 38.7 Å². The number of aliphatic hydroxyl groups excluding tert-OH is 1. The van der Waals surface area contributed by atoms with Gasteiger partial charge in [0.2, 0.25) is 5.91 Å². The van der Waals surface area contributed by atoms with Gasteiger partial charge in [-0.05, 0) is 43.9 Å². The van der Waals surface area contributed by atoms with Crippen molar-refractivity contribution in [3.8, 4) is 0 Å². The van der Waals surface area contributed by atoms with Crippen LogP contribution in [-0.4, -0.2) is 35.1 Å². The van der Waals surface area contributed by atoms with E-state index < -0.39 is 11.5 Å². The summed E-state index contributed by atoms with van der Waals surface area (Å²) in [5, 5.41) is 9.96. The smallest absolute Gasteiger partial charge is 0.232 e. The van der Waals surface area contributed by atoms with E-state index >= 15 is 0 Å². The summed E-state index contributed by atoms with van der Waals surface area (Å²) in [6.07, 6.45) is 0.431. The maximum atomic E-state index is 12.7. The van der Waals surface area contributed by atoms with E-state index in [2.05, 4.69) is 0 Å². The van der Waals surface area contributed by atoms with Crippen molar-refractivity contribution < 1.29 is 9.90 Å². The van der Waals surface area contributed by atoms with Crippen LogP contribution in [0.3, 0.4) is 0 Å². The molecule has 0 bridgehead atoms. The molecular weight excluding hydrogens is 252 g/mol. The van der Waals surface area contributed by atoms with Crippen LogP contribution in [0, 0.1) is 5.92 Å². The number of nitrogen functional groups attached to an aromatic ring is 1. The zero-order chi connectivity index (χ0) is 14.9. The second kappa shape index (κ2) is 5.44. The number of benzene rings is 1. The molecule has 2 atom stereocenters. The quantitative estimate of drug-likeness (QED) is 0.809. The Morgan fingerprint density at radius 2 is 1.95 bits per heavy atom. The number of carbonyl (C=O) groups is 1. The van der Waals surface area contributed by atoms with Crippen LogP contribution >= 0.6 is 0 Å². The first kappa shape index (κ1) is 14.9. The van der Waals surface area contributed by atoms with E-state index in [9.17, 15) is 9.90 Å². The van der Waals surface area contributed by atoms with E-state index in [1.165, 1.54) is 0 Å². The average Bonchev–Trinajstić information content (AvgIpc) is 2.41. The lowest BCUT2D eigenvalue weighted by Gasteiger charge is -2.38. The number of amides is 1. The Labute approximate surface area is 120 Å². The summed E-state index contributed by atoms with van der Waals surface area (Å²) in [5.74, 6) is 0.326. The summed E-state index contributed by atoms with van der Waals surface area (Å²) in [7, 11) is 0. The van der Waals surface area contributed by atoms with Gasteiger partial charge in [0, 0.05) is 18.8 Å². The first-order valence-electron chi connectivity index (χ1n) is 7.16. The van der Waals surface area contributed by atoms with E-state index in [-0.39, 0.29) is 11.8 Å². The monoisotopic (exact) mass is 276 g/mol. The van der Waals surface area contributed by atoms with Gasteiger partial charge in [0.1, 0.15) is 0 Å². The topological polar surface area (TPSA) is 66.6 Å². The molecule has 2 unspecified atom stereocenters. The first-order valence-corrected chi connectivity index (χ1v) is 7.16. The predicted molar refractivity (Wildman–Crippen MR) is 80.2 cm³/mol. The molecule has 0 aliphatic carbocycles. The molecule has 1 amide bonds. The summed E-state index contributed by atoms with van der Waals surface area (Å²) in [6, 6.07) is 7.43. The molecule has 4 heteroatoms. The van der Waals surface area contributed by atoms with Gasteiger partial charge < -0.3 is 15.7 Å². The number of nitrogens with zero attached hydrogens (tertiary/aromatic N) is 1. The van der Waals surface area contributed by atoms with Gasteiger partial charge in [-0.15, -0.1) is 0 Å². The third-order valence-corrected chi connectivity index (χ3v) is 4.37. The largest absolute Gasteiger partial charge is 0.399 e. The van der Waals surface area contributed by atoms with Crippen molar-refractivity contribution in [1.29, 1.82) is 0 Å². The summed E-state index contributed by atoms with van der Waals surface area (Å²) < 4.78 is 0. The number of hydrogen-bond acceptors (Lipinski definition) is 3. The van der Waals surface area contributed by atoms with Crippen LogP contribution in [0.25, 0.3) is 0 Å². The van der Waals surface area contributed by atoms with Crippen molar-refractivity contribution in [2.75, 3.05) is 18.8 Å². The van der Waals surface area contributed by atoms with Crippen LogP contribution in [0.4, 0.5) is 5.69 Å². The standard InChI is InChI=1S/C16H24N2O2/c1-11-8-9-18(10-14(11)19)15(20)16(2,3)12-4-6-13(17)7-5-12/h4-7,11,14,19H,8-10,17H2,1-3H3. The Balaban J connectivity index is 2.16. The summed E-state index contributed by atoms with van der Waals surface area (Å²) in [5.41, 5.74) is 6.73. The second-order valence-corrected chi connectivity index (χ2v) is 6.33. The Morgan fingerprint density at radius 3 is 2.50 bits per heavy atom. The maximum Gasteiger partial charge on any atom is 0.232 e. The molecule has 1 heterocycles. The molecule has 1 aliphatic rings. The molecule has 4 nitrogen and oxygen atoms in total. The lowest BCUT2D eigenvalue weighted by atomic mass is 9.82. The van der Waals surface area contributed by atoms with Gasteiger partial charge >= 0.3 is 0 Å². The molecular formula is C16H24N2O2. The van der Waals surface area contributed by atoms with E-state index in [0.717, 1.165) is 18.5 Å². The Bertz CT molecular complexity index is 482. The predicted octanol–water partition coefficient (Wildman–Crippen LogP) is 1.78. The third-order valence-electron chi connectivity index (χ3n) is 4.37. The van der Waals surface area contributed by atoms with E-state index in [4.69, 9.17) is 5.73 Å². The van der Waals surface area contributed by atoms with Crippen molar-refractivity contribution >= 4 is 11.6 Å². The minimum Gasteiger partial charge on any atom is -0.399 e. The van der Waals surface area contributed by atoms with E-state index in [1.54, 1.807) is 4.90 Å². The molecule has 1 aromatic carbocycles. The minimum atomic E-state index is -0.603. The van der Waals surface area contributed by atoms with Crippen LogP contribution in [0.5, 0.6) is 0 Å². The molecule has 1 fully saturated rings. The van der Waals surface area contributed by atoms with Crippen molar-refractivity contribution in [3.05, 3.63) is 29.8 Å². The molecule has 20 heavy (non-hydrogen) atoms. The number of piperidine rings is 1. The number of hydrogen-bond donors (Lipinski definition) is 2. The fourth-order valence-corrected chi connectivity index (χ4v) is 2.65. The maximum absolute atomic E-state index is 12.7. The highest BCUT2D eigenvalue weighted by Gasteiger charge is 2.36. The minimum absolute atomic E-state index is 0.0632. The lowest BCUT2D eigenvalue weighted by molar-refractivity contribution is -0.140. The van der Waals surface area contributed by atoms with Gasteiger partial charge in [0.25, 0.3) is 0 Å². The van der Waals surface area contributed by atoms with Crippen LogP contribution in [0.1, 0.15) is 32.8 Å². The number of carbonyl (C=O) groups excluding carboxylic acids is 1. The molecule has 0 saturated carbocycles. The molecule has 0 radical (unpaired) electrons. The molecule has 0 spiro atoms. The zero-order valence-corrected chi connectivity index (χ0v) is 12.5. The Morgan fingerprint density at radius 1 is 1.35 bits per heavy atom. The molecule has 1 saturated heterocycles. The van der Waals surface area contributed by atoms with Gasteiger partial charge in [-0.2, -0.15) is 0 Å². The third kappa shape index (κ3) is 2.80. The molecule has 0 aromatic heterocycles. The Kier molecular flexibility index (Phi) is 4.04. The SMILES string of the molecule is CC1CCN(C(=O)C(C)(C)c2ccc(N)cc2)CC1O. The molecule has 2 rings (SSSR count). The Hall–Kier alpha value is -1.55. The van der Waals surface area contributed by atoms with Gasteiger partial charge in [0.15, 0.2) is 0 Å². The highest BCUT2D eigenvalue weighted by molar-refractivity contribution is 5.87. The number of anilines is 1. The zero-order valence-electron chi connectivity index (χ0n) is 12.5. The van der Waals surface area contributed by atoms with E-state index in [0.29, 0.717) is 12.2 Å². The highest BCUT2D eigenvalue weighted by Crippen LogP contribution is 2.28. The van der Waals surface area contributed by atoms with Crippen molar-refractivity contribution in [2.24, 2.45) is 5.92 Å². The highest BCUT2D eigenvalue weighted by atomic mass is 16.3. The number of aliphatic hydroxyl groups is 1. The van der Waals surface area contributed by atoms with Crippen LogP contribution in [-0.2, 0) is 10.2 Å². The van der Waals surface area contributed by atoms with E-state index in [1.807, 2.05) is 45.0 Å². The van der Waals surface area contributed by atoms with Gasteiger partial charge in [0.05, 0.1) is 11.5 Å². The molecule has 1 aromatic rings. The lowest BCUT2D eigenvalue weighted by Crippen LogP contribution is -2.51. The van der Waals surface area contributed by atoms with Crippen LogP contribution in [0.15, 0.2) is 24.3 Å². The van der Waals surface area contributed by atoms with Crippen LogP contribution in [0.2, 0.25) is 0 Å². The van der Waals surface area contributed by atoms with Crippen LogP contribution < -0.4 is 5.73 Å². The average molecular weight is 276 g/mol. The van der Waals surface area contributed by atoms with Gasteiger partial charge in [-0.3, -0.25) is 4.79 Å². The summed E-state index contributed by atoms with van der Waals surface area (Å²) in [6.45, 7) is 7.02. The van der Waals surface area contributed by atoms with Crippen molar-refractivity contribution in [3.63, 3.8) is 0 Å². The number of β-amino-alcohol motifs (C(OH)–C–C–N with tert-alkyl or cyclic N) is 1. The van der Waals surface area contributed by atoms with Crippen molar-refractivity contribution in [1.82, 2.24) is 4.90 Å². The van der Waals surface area contributed by atoms with Gasteiger partial charge in [-0.25, -0.2) is 0 Å². The second-order valence-electron chi connectivity index (χ2n) is 6.33. The first-order chi connectivity index (χ1) is 9.32. The number of nitrogens with two attached hydrogens (primary N) is 1. The summed E-state index contributed by atoms with van der Waals surface area (Å²) >= 11 is 0. The summed E-state index contributed by atoms with van der Waals surface area (Å²) in [4.78, 5) is 14.5. The molecule has 110 valence electrons. The fraction of sp³-hybridized carbons (Fsp3) is 0.562. The molecule has 1 aliphatic heterocycles. The number of rotatable bonds is 2.